The molecule has 0 atom stereocenters. The fourth-order valence-electron chi connectivity index (χ4n) is 1.60. The first-order chi connectivity index (χ1) is 9.04. The van der Waals surface area contributed by atoms with Crippen molar-refractivity contribution in [3.8, 4) is 5.75 Å². The van der Waals surface area contributed by atoms with Crippen molar-refractivity contribution >= 4 is 17.5 Å². The molecule has 0 aliphatic rings. The third-order valence-electron chi connectivity index (χ3n) is 2.44. The van der Waals surface area contributed by atoms with Crippen LogP contribution in [0, 0.1) is 0 Å². The normalized spacial score (nSPS) is 10.6. The van der Waals surface area contributed by atoms with Crippen molar-refractivity contribution in [2.75, 3.05) is 20.1 Å². The first-order valence-corrected chi connectivity index (χ1v) is 6.81. The van der Waals surface area contributed by atoms with Gasteiger partial charge in [0, 0.05) is 11.6 Å². The molecule has 0 aliphatic carbocycles. The molecule has 0 radical (unpaired) electrons. The first-order valence-electron chi connectivity index (χ1n) is 6.43. The standard InChI is InChI=1S/C14H21ClN2O2/c1-10(2)19-13-6-5-11(15)9-12(13)14(18)17-8-4-7-16-3/h5-6,9-10,16H,4,7-8H2,1-3H3,(H,17,18). The van der Waals surface area contributed by atoms with Crippen molar-refractivity contribution in [2.24, 2.45) is 0 Å². The van der Waals surface area contributed by atoms with E-state index in [-0.39, 0.29) is 12.0 Å². The maximum atomic E-state index is 12.1. The van der Waals surface area contributed by atoms with Gasteiger partial charge in [-0.2, -0.15) is 0 Å². The van der Waals surface area contributed by atoms with Crippen LogP contribution in [0.25, 0.3) is 0 Å². The number of amides is 1. The number of carbonyl (C=O) groups excluding carboxylic acids is 1. The molecule has 0 aromatic heterocycles. The Balaban J connectivity index is 2.73. The smallest absolute Gasteiger partial charge is 0.255 e. The fourth-order valence-corrected chi connectivity index (χ4v) is 1.77. The summed E-state index contributed by atoms with van der Waals surface area (Å²) in [5.74, 6) is 0.403. The summed E-state index contributed by atoms with van der Waals surface area (Å²) in [5.41, 5.74) is 0.477. The van der Waals surface area contributed by atoms with Crippen LogP contribution in [0.1, 0.15) is 30.6 Å². The van der Waals surface area contributed by atoms with E-state index < -0.39 is 0 Å². The summed E-state index contributed by atoms with van der Waals surface area (Å²) < 4.78 is 5.62. The Morgan fingerprint density at radius 3 is 2.74 bits per heavy atom. The van der Waals surface area contributed by atoms with E-state index >= 15 is 0 Å². The molecule has 0 saturated carbocycles. The van der Waals surface area contributed by atoms with E-state index in [1.807, 2.05) is 20.9 Å². The molecular formula is C14H21ClN2O2. The minimum atomic E-state index is -0.158. The second-order valence-electron chi connectivity index (χ2n) is 4.52. The molecule has 1 amide bonds. The molecule has 0 bridgehead atoms. The van der Waals surface area contributed by atoms with Crippen LogP contribution < -0.4 is 15.4 Å². The van der Waals surface area contributed by atoms with Crippen molar-refractivity contribution in [1.82, 2.24) is 10.6 Å². The molecule has 0 aliphatic heterocycles. The topological polar surface area (TPSA) is 50.4 Å². The molecular weight excluding hydrogens is 264 g/mol. The van der Waals surface area contributed by atoms with Crippen LogP contribution in [0.15, 0.2) is 18.2 Å². The number of nitrogens with one attached hydrogen (secondary N) is 2. The van der Waals surface area contributed by atoms with Gasteiger partial charge < -0.3 is 15.4 Å². The van der Waals surface area contributed by atoms with Gasteiger partial charge in [-0.25, -0.2) is 0 Å². The lowest BCUT2D eigenvalue weighted by molar-refractivity contribution is 0.0947. The predicted octanol–water partition coefficient (Wildman–Crippen LogP) is 2.47. The molecule has 5 heteroatoms. The van der Waals surface area contributed by atoms with Crippen LogP contribution in [0.4, 0.5) is 0 Å². The van der Waals surface area contributed by atoms with Crippen LogP contribution in [-0.2, 0) is 0 Å². The van der Waals surface area contributed by atoms with E-state index in [0.29, 0.717) is 22.9 Å². The number of hydrogen-bond acceptors (Lipinski definition) is 3. The van der Waals surface area contributed by atoms with Gasteiger partial charge in [0.2, 0.25) is 0 Å². The molecule has 0 saturated heterocycles. The highest BCUT2D eigenvalue weighted by molar-refractivity contribution is 6.31. The Bertz CT molecular complexity index is 422. The zero-order valence-corrected chi connectivity index (χ0v) is 12.4. The van der Waals surface area contributed by atoms with E-state index in [4.69, 9.17) is 16.3 Å². The minimum Gasteiger partial charge on any atom is -0.490 e. The first kappa shape index (κ1) is 15.8. The van der Waals surface area contributed by atoms with Crippen molar-refractivity contribution in [3.63, 3.8) is 0 Å². The van der Waals surface area contributed by atoms with Crippen molar-refractivity contribution in [2.45, 2.75) is 26.4 Å². The largest absolute Gasteiger partial charge is 0.490 e. The van der Waals surface area contributed by atoms with Gasteiger partial charge >= 0.3 is 0 Å². The molecule has 4 nitrogen and oxygen atoms in total. The van der Waals surface area contributed by atoms with Crippen LogP contribution in [-0.4, -0.2) is 32.1 Å². The lowest BCUT2D eigenvalue weighted by atomic mass is 10.2. The monoisotopic (exact) mass is 284 g/mol. The van der Waals surface area contributed by atoms with Gasteiger partial charge in [-0.1, -0.05) is 11.6 Å². The van der Waals surface area contributed by atoms with Crippen molar-refractivity contribution in [3.05, 3.63) is 28.8 Å². The number of benzene rings is 1. The van der Waals surface area contributed by atoms with E-state index in [0.717, 1.165) is 13.0 Å². The van der Waals surface area contributed by atoms with Crippen LogP contribution in [0.2, 0.25) is 5.02 Å². The number of carbonyl (C=O) groups is 1. The quantitative estimate of drug-likeness (QED) is 0.756. The molecule has 1 rings (SSSR count). The highest BCUT2D eigenvalue weighted by atomic mass is 35.5. The maximum Gasteiger partial charge on any atom is 0.255 e. The van der Waals surface area contributed by atoms with Gasteiger partial charge in [0.15, 0.2) is 0 Å². The molecule has 19 heavy (non-hydrogen) atoms. The van der Waals surface area contributed by atoms with E-state index in [1.54, 1.807) is 18.2 Å². The third-order valence-corrected chi connectivity index (χ3v) is 2.67. The summed E-state index contributed by atoms with van der Waals surface area (Å²) in [6, 6.07) is 5.08. The zero-order chi connectivity index (χ0) is 14.3. The Morgan fingerprint density at radius 1 is 1.37 bits per heavy atom. The van der Waals surface area contributed by atoms with Crippen molar-refractivity contribution < 1.29 is 9.53 Å². The van der Waals surface area contributed by atoms with E-state index in [1.165, 1.54) is 0 Å². The highest BCUT2D eigenvalue weighted by Crippen LogP contribution is 2.23. The molecule has 0 heterocycles. The Labute approximate surface area is 119 Å². The molecule has 0 spiro atoms. The average molecular weight is 285 g/mol. The van der Waals surface area contributed by atoms with Crippen LogP contribution >= 0.6 is 11.6 Å². The zero-order valence-electron chi connectivity index (χ0n) is 11.6. The number of hydrogen-bond donors (Lipinski definition) is 2. The second kappa shape index (κ2) is 8.02. The van der Waals surface area contributed by atoms with Crippen LogP contribution in [0.5, 0.6) is 5.75 Å². The summed E-state index contributed by atoms with van der Waals surface area (Å²) in [5, 5.41) is 6.41. The maximum absolute atomic E-state index is 12.1. The molecule has 0 unspecified atom stereocenters. The van der Waals surface area contributed by atoms with Crippen LogP contribution in [0.3, 0.4) is 0 Å². The van der Waals surface area contributed by atoms with Gasteiger partial charge in [-0.15, -0.1) is 0 Å². The van der Waals surface area contributed by atoms with E-state index in [9.17, 15) is 4.79 Å². The average Bonchev–Trinajstić information content (AvgIpc) is 2.36. The van der Waals surface area contributed by atoms with Gasteiger partial charge in [0.1, 0.15) is 5.75 Å². The Kier molecular flexibility index (Phi) is 6.67. The molecule has 1 aromatic rings. The Morgan fingerprint density at radius 2 is 2.11 bits per heavy atom. The van der Waals surface area contributed by atoms with Crippen molar-refractivity contribution in [1.29, 1.82) is 0 Å². The molecule has 106 valence electrons. The summed E-state index contributed by atoms with van der Waals surface area (Å²) >= 11 is 5.94. The van der Waals surface area contributed by atoms with Gasteiger partial charge in [0.05, 0.1) is 11.7 Å². The molecule has 1 aromatic carbocycles. The third kappa shape index (κ3) is 5.49. The highest BCUT2D eigenvalue weighted by Gasteiger charge is 2.13. The summed E-state index contributed by atoms with van der Waals surface area (Å²) in [4.78, 5) is 12.1. The number of rotatable bonds is 7. The van der Waals surface area contributed by atoms with Gasteiger partial charge in [-0.3, -0.25) is 4.79 Å². The van der Waals surface area contributed by atoms with E-state index in [2.05, 4.69) is 10.6 Å². The summed E-state index contributed by atoms with van der Waals surface area (Å²) in [6.45, 7) is 5.32. The Hall–Kier alpha value is -1.26. The van der Waals surface area contributed by atoms with Gasteiger partial charge in [0.25, 0.3) is 5.91 Å². The second-order valence-corrected chi connectivity index (χ2v) is 4.96. The summed E-state index contributed by atoms with van der Waals surface area (Å²) in [7, 11) is 1.88. The van der Waals surface area contributed by atoms with Gasteiger partial charge in [-0.05, 0) is 52.1 Å². The number of halogens is 1. The lowest BCUT2D eigenvalue weighted by Gasteiger charge is -2.14. The minimum absolute atomic E-state index is 0.0111. The predicted molar refractivity (Wildman–Crippen MR) is 78.1 cm³/mol. The summed E-state index contributed by atoms with van der Waals surface area (Å²) in [6.07, 6.45) is 0.889. The molecule has 2 N–H and O–H groups in total. The lowest BCUT2D eigenvalue weighted by Crippen LogP contribution is -2.27. The number of ether oxygens (including phenoxy) is 1. The fraction of sp³-hybridized carbons (Fsp3) is 0.500. The SMILES string of the molecule is CNCCCNC(=O)c1cc(Cl)ccc1OC(C)C. The molecule has 0 fully saturated rings.